The molecule has 0 fully saturated rings. The number of anilines is 2. The number of rotatable bonds is 5. The Balaban J connectivity index is 2.15. The van der Waals surface area contributed by atoms with Crippen molar-refractivity contribution >= 4 is 17.4 Å². The number of para-hydroxylation sites is 1. The summed E-state index contributed by atoms with van der Waals surface area (Å²) in [7, 11) is 1.65. The summed E-state index contributed by atoms with van der Waals surface area (Å²) in [6.45, 7) is 0.598. The van der Waals surface area contributed by atoms with E-state index in [0.29, 0.717) is 12.2 Å². The third-order valence-electron chi connectivity index (χ3n) is 2.75. The number of nitrogen functional groups attached to an aromatic ring is 1. The maximum Gasteiger partial charge on any atom is 0.261 e. The lowest BCUT2D eigenvalue weighted by atomic mass is 10.1. The van der Waals surface area contributed by atoms with Crippen LogP contribution in [0.2, 0.25) is 0 Å². The number of methoxy groups -OCH3 is 1. The molecule has 0 spiro atoms. The van der Waals surface area contributed by atoms with E-state index in [-0.39, 0.29) is 11.7 Å². The number of nitrogens with two attached hydrogens (primary N) is 1. The van der Waals surface area contributed by atoms with E-state index in [9.17, 15) is 4.79 Å². The van der Waals surface area contributed by atoms with Crippen molar-refractivity contribution in [2.24, 2.45) is 0 Å². The Labute approximate surface area is 111 Å². The van der Waals surface area contributed by atoms with Crippen molar-refractivity contribution in [3.8, 4) is 0 Å². The Morgan fingerprint density at radius 1 is 1.47 bits per heavy atom. The minimum Gasteiger partial charge on any atom is -0.384 e. The van der Waals surface area contributed by atoms with Gasteiger partial charge in [-0.15, -0.1) is 0 Å². The van der Waals surface area contributed by atoms with Crippen molar-refractivity contribution in [1.82, 2.24) is 10.2 Å². The highest BCUT2D eigenvalue weighted by molar-refractivity contribution is 6.07. The summed E-state index contributed by atoms with van der Waals surface area (Å²) in [5.41, 5.74) is 7.72. The Morgan fingerprint density at radius 3 is 2.95 bits per heavy atom. The number of benzene rings is 1. The van der Waals surface area contributed by atoms with Gasteiger partial charge in [-0.25, -0.2) is 0 Å². The van der Waals surface area contributed by atoms with Crippen LogP contribution >= 0.6 is 0 Å². The Bertz CT molecular complexity index is 565. The molecule has 0 radical (unpaired) electrons. The predicted octanol–water partition coefficient (Wildman–Crippen LogP) is 1.43. The maximum atomic E-state index is 12.0. The lowest BCUT2D eigenvalue weighted by Gasteiger charge is -2.10. The Kier molecular flexibility index (Phi) is 4.15. The summed E-state index contributed by atoms with van der Waals surface area (Å²) in [6, 6.07) is 7.59. The molecule has 2 aromatic rings. The van der Waals surface area contributed by atoms with Crippen LogP contribution in [-0.2, 0) is 11.2 Å². The molecular weight excluding hydrogens is 244 g/mol. The van der Waals surface area contributed by atoms with Crippen molar-refractivity contribution in [3.05, 3.63) is 41.6 Å². The first-order valence-electron chi connectivity index (χ1n) is 5.89. The Hall–Kier alpha value is -2.34. The summed E-state index contributed by atoms with van der Waals surface area (Å²) in [5.74, 6) is -0.0250. The molecule has 1 aromatic heterocycles. The first kappa shape index (κ1) is 13.1. The summed E-state index contributed by atoms with van der Waals surface area (Å²) in [5, 5.41) is 9.08. The van der Waals surface area contributed by atoms with Crippen molar-refractivity contribution < 1.29 is 9.53 Å². The zero-order valence-corrected chi connectivity index (χ0v) is 10.6. The number of aromatic nitrogens is 2. The molecule has 0 bridgehead atoms. The summed E-state index contributed by atoms with van der Waals surface area (Å²) >= 11 is 0. The van der Waals surface area contributed by atoms with Gasteiger partial charge in [0.15, 0.2) is 0 Å². The molecule has 6 heteroatoms. The Morgan fingerprint density at radius 2 is 2.26 bits per heavy atom. The largest absolute Gasteiger partial charge is 0.384 e. The molecule has 1 aromatic carbocycles. The fraction of sp³-hybridized carbons (Fsp3) is 0.231. The minimum absolute atomic E-state index is 0.256. The van der Waals surface area contributed by atoms with Crippen LogP contribution in [0.1, 0.15) is 15.9 Å². The molecule has 4 N–H and O–H groups in total. The van der Waals surface area contributed by atoms with Gasteiger partial charge in [0, 0.05) is 12.8 Å². The van der Waals surface area contributed by atoms with Crippen LogP contribution in [-0.4, -0.2) is 29.8 Å². The van der Waals surface area contributed by atoms with Crippen LogP contribution in [0.25, 0.3) is 0 Å². The van der Waals surface area contributed by atoms with E-state index in [4.69, 9.17) is 10.5 Å². The second-order valence-electron chi connectivity index (χ2n) is 4.05. The number of hydrogen-bond acceptors (Lipinski definition) is 4. The predicted molar refractivity (Wildman–Crippen MR) is 73.0 cm³/mol. The first-order valence-corrected chi connectivity index (χ1v) is 5.89. The van der Waals surface area contributed by atoms with Gasteiger partial charge in [0.1, 0.15) is 11.4 Å². The molecule has 0 atom stereocenters. The highest BCUT2D eigenvalue weighted by Crippen LogP contribution is 2.17. The second-order valence-corrected chi connectivity index (χ2v) is 4.05. The van der Waals surface area contributed by atoms with Crippen molar-refractivity contribution in [3.63, 3.8) is 0 Å². The zero-order valence-electron chi connectivity index (χ0n) is 10.6. The van der Waals surface area contributed by atoms with Crippen LogP contribution in [0.3, 0.4) is 0 Å². The van der Waals surface area contributed by atoms with Crippen molar-refractivity contribution in [1.29, 1.82) is 0 Å². The molecule has 100 valence electrons. The zero-order chi connectivity index (χ0) is 13.7. The number of amides is 1. The number of aromatic amines is 1. The molecule has 0 unspecified atom stereocenters. The topological polar surface area (TPSA) is 93.0 Å². The molecule has 0 aliphatic heterocycles. The van der Waals surface area contributed by atoms with E-state index in [1.54, 1.807) is 7.11 Å². The van der Waals surface area contributed by atoms with E-state index in [2.05, 4.69) is 15.5 Å². The fourth-order valence-electron chi connectivity index (χ4n) is 1.74. The first-order chi connectivity index (χ1) is 9.22. The average Bonchev–Trinajstić information content (AvgIpc) is 2.84. The van der Waals surface area contributed by atoms with Gasteiger partial charge in [-0.3, -0.25) is 9.89 Å². The highest BCUT2D eigenvalue weighted by Gasteiger charge is 2.13. The lowest BCUT2D eigenvalue weighted by Crippen LogP contribution is -2.14. The van der Waals surface area contributed by atoms with E-state index < -0.39 is 0 Å². The quantitative estimate of drug-likeness (QED) is 0.758. The summed E-state index contributed by atoms with van der Waals surface area (Å²) in [6.07, 6.45) is 2.14. The highest BCUT2D eigenvalue weighted by atomic mass is 16.5. The van der Waals surface area contributed by atoms with Crippen LogP contribution in [0.4, 0.5) is 11.5 Å². The molecular formula is C13H16N4O2. The molecule has 2 rings (SSSR count). The lowest BCUT2D eigenvalue weighted by molar-refractivity contribution is 0.102. The molecule has 0 saturated heterocycles. The monoisotopic (exact) mass is 260 g/mol. The van der Waals surface area contributed by atoms with E-state index >= 15 is 0 Å². The van der Waals surface area contributed by atoms with Gasteiger partial charge in [0.25, 0.3) is 5.91 Å². The number of nitrogens with one attached hydrogen (secondary N) is 2. The van der Waals surface area contributed by atoms with Gasteiger partial charge >= 0.3 is 0 Å². The normalized spacial score (nSPS) is 10.4. The van der Waals surface area contributed by atoms with Crippen LogP contribution in [0.5, 0.6) is 0 Å². The van der Waals surface area contributed by atoms with Crippen LogP contribution < -0.4 is 11.1 Å². The fourth-order valence-corrected chi connectivity index (χ4v) is 1.74. The van der Waals surface area contributed by atoms with Gasteiger partial charge in [-0.1, -0.05) is 18.2 Å². The van der Waals surface area contributed by atoms with Crippen molar-refractivity contribution in [2.75, 3.05) is 24.8 Å². The second kappa shape index (κ2) is 6.01. The third kappa shape index (κ3) is 3.11. The van der Waals surface area contributed by atoms with E-state index in [1.807, 2.05) is 24.3 Å². The number of hydrogen-bond donors (Lipinski definition) is 3. The molecule has 0 aliphatic rings. The molecule has 0 saturated carbocycles. The number of carbonyl (C=O) groups is 1. The van der Waals surface area contributed by atoms with Gasteiger partial charge in [0.2, 0.25) is 0 Å². The number of nitrogens with zero attached hydrogens (tertiary/aromatic N) is 1. The third-order valence-corrected chi connectivity index (χ3v) is 2.75. The van der Waals surface area contributed by atoms with Gasteiger partial charge in [-0.05, 0) is 18.1 Å². The number of H-pyrrole nitrogens is 1. The van der Waals surface area contributed by atoms with E-state index in [1.165, 1.54) is 6.20 Å². The molecule has 6 nitrogen and oxygen atoms in total. The smallest absolute Gasteiger partial charge is 0.261 e. The van der Waals surface area contributed by atoms with E-state index in [0.717, 1.165) is 17.7 Å². The van der Waals surface area contributed by atoms with Gasteiger partial charge in [0.05, 0.1) is 12.8 Å². The molecule has 19 heavy (non-hydrogen) atoms. The molecule has 1 amide bonds. The minimum atomic E-state index is -0.281. The number of carbonyl (C=O) groups excluding carboxylic acids is 1. The summed E-state index contributed by atoms with van der Waals surface area (Å²) < 4.78 is 5.05. The molecule has 1 heterocycles. The SMILES string of the molecule is COCCc1ccccc1NC(=O)c1cn[nH]c1N. The standard InChI is InChI=1S/C13H16N4O2/c1-19-7-6-9-4-2-3-5-11(9)16-13(18)10-8-15-17-12(10)14/h2-5,8H,6-7H2,1H3,(H,16,18)(H3,14,15,17). The van der Waals surface area contributed by atoms with Gasteiger partial charge < -0.3 is 15.8 Å². The maximum absolute atomic E-state index is 12.0. The van der Waals surface area contributed by atoms with Crippen LogP contribution in [0.15, 0.2) is 30.5 Å². The van der Waals surface area contributed by atoms with Crippen LogP contribution in [0, 0.1) is 0 Å². The number of ether oxygens (including phenoxy) is 1. The average molecular weight is 260 g/mol. The van der Waals surface area contributed by atoms with Gasteiger partial charge in [-0.2, -0.15) is 5.10 Å². The van der Waals surface area contributed by atoms with Crippen molar-refractivity contribution in [2.45, 2.75) is 6.42 Å². The molecule has 0 aliphatic carbocycles. The summed E-state index contributed by atoms with van der Waals surface area (Å²) in [4.78, 5) is 12.0.